The maximum Gasteiger partial charge on any atom is 0.515 e. The summed E-state index contributed by atoms with van der Waals surface area (Å²) < 4.78 is 216. The molecule has 0 radical (unpaired) electrons. The van der Waals surface area contributed by atoms with Gasteiger partial charge in [-0.15, -0.1) is 0 Å². The van der Waals surface area contributed by atoms with Gasteiger partial charge in [-0.2, -0.15) is 0 Å². The van der Waals surface area contributed by atoms with Crippen molar-refractivity contribution in [1.29, 1.82) is 0 Å². The second kappa shape index (κ2) is 29.6. The van der Waals surface area contributed by atoms with Gasteiger partial charge in [0.25, 0.3) is 0 Å². The lowest BCUT2D eigenvalue weighted by Crippen LogP contribution is -2.92. The van der Waals surface area contributed by atoms with Gasteiger partial charge < -0.3 is 98.8 Å². The number of hydrogen-bond acceptors (Lipinski definition) is 24. The minimum Gasteiger partial charge on any atom is -0.373 e. The minimum atomic E-state index is -4.81. The van der Waals surface area contributed by atoms with Gasteiger partial charge in [-0.05, 0) is 180 Å². The van der Waals surface area contributed by atoms with Gasteiger partial charge in [0.2, 0.25) is 0 Å². The highest BCUT2D eigenvalue weighted by Gasteiger charge is 2.92. The van der Waals surface area contributed by atoms with Crippen LogP contribution in [0.15, 0.2) is 24.3 Å². The molecule has 1 aromatic carbocycles. The van der Waals surface area contributed by atoms with Crippen LogP contribution < -0.4 is 10.4 Å². The molecular weight excluding hydrogens is 1750 g/mol. The summed E-state index contributed by atoms with van der Waals surface area (Å²) >= 11 is 0. The Kier molecular flexibility index (Phi) is 20.4. The zero-order valence-electron chi connectivity index (χ0n) is 68.8. The highest BCUT2D eigenvalue weighted by molar-refractivity contribution is 7.09. The third kappa shape index (κ3) is 12.5. The average Bonchev–Trinajstić information content (AvgIpc) is 0.849. The molecule has 0 unspecified atom stereocenters. The molecule has 12 aliphatic heterocycles. The van der Waals surface area contributed by atoms with Crippen LogP contribution in [0.3, 0.4) is 0 Å². The lowest BCUT2D eigenvalue weighted by molar-refractivity contribution is -0.0473. The zero-order chi connectivity index (χ0) is 76.6. The van der Waals surface area contributed by atoms with Crippen molar-refractivity contribution in [3.05, 3.63) is 24.3 Å². The summed E-state index contributed by atoms with van der Waals surface area (Å²) in [5, 5.41) is 1.53. The number of rotatable bonds is 16. The van der Waals surface area contributed by atoms with E-state index in [9.17, 15) is 0 Å². The van der Waals surface area contributed by atoms with Gasteiger partial charge in [-0.25, -0.2) is 0 Å². The topological polar surface area (TPSA) is 222 Å². The summed E-state index contributed by atoms with van der Waals surface area (Å²) in [5.74, 6) is 0. The van der Waals surface area contributed by atoms with Crippen LogP contribution in [0.5, 0.6) is 0 Å². The molecule has 24 nitrogen and oxygen atoms in total. The first-order valence-electron chi connectivity index (χ1n) is 48.6. The van der Waals surface area contributed by atoms with Crippen molar-refractivity contribution in [3.63, 3.8) is 0 Å². The summed E-state index contributed by atoms with van der Waals surface area (Å²) in [6.45, 7) is 0. The summed E-state index contributed by atoms with van der Waals surface area (Å²) in [4.78, 5) is 0. The fourth-order valence-electron chi connectivity index (χ4n) is 28.3. The molecule has 0 aromatic heterocycles. The number of hydrogen-bond donors (Lipinski definition) is 0. The molecule has 40 heteroatoms. The highest BCUT2D eigenvalue weighted by Crippen LogP contribution is 2.71. The van der Waals surface area contributed by atoms with E-state index >= 15 is 0 Å². The van der Waals surface area contributed by atoms with Gasteiger partial charge in [0, 0.05) is 87.9 Å². The van der Waals surface area contributed by atoms with E-state index in [0.717, 1.165) is 370 Å². The molecule has 116 heavy (non-hydrogen) atoms. The monoisotopic (exact) mass is 1870 g/mol. The molecule has 0 atom stereocenters. The summed E-state index contributed by atoms with van der Waals surface area (Å²) in [5.41, 5.74) is -1.28. The molecule has 12 saturated heterocycles. The maximum atomic E-state index is 9.12. The molecule has 16 bridgehead atoms. The molecule has 0 spiro atoms. The first-order valence-corrected chi connectivity index (χ1v) is 77.3. The van der Waals surface area contributed by atoms with E-state index in [2.05, 4.69) is 24.3 Å². The van der Waals surface area contributed by atoms with Gasteiger partial charge in [0.05, 0.1) is 0 Å². The van der Waals surface area contributed by atoms with Gasteiger partial charge in [-0.3, -0.25) is 0 Å². The zero-order valence-corrected chi connectivity index (χ0v) is 84.8. The Labute approximate surface area is 706 Å². The van der Waals surface area contributed by atoms with E-state index < -0.39 is 141 Å². The van der Waals surface area contributed by atoms with Gasteiger partial charge in [0.1, 0.15) is 0 Å². The van der Waals surface area contributed by atoms with Crippen molar-refractivity contribution in [2.75, 3.05) is 0 Å². The average molecular weight is 1880 g/mol. The van der Waals surface area contributed by atoms with Crippen LogP contribution in [0.25, 0.3) is 0 Å². The smallest absolute Gasteiger partial charge is 0.373 e. The van der Waals surface area contributed by atoms with E-state index in [1.807, 2.05) is 0 Å². The lowest BCUT2D eigenvalue weighted by Gasteiger charge is -2.67. The first-order chi connectivity index (χ1) is 56.7. The molecule has 1 aromatic rings. The quantitative estimate of drug-likeness (QED) is 0.140. The molecular formula is C76H130O24Si16. The molecule has 0 N–H and O–H groups in total. The Hall–Kier alpha value is 1.73. The van der Waals surface area contributed by atoms with Crippen LogP contribution >= 0.6 is 0 Å². The molecule has 12 heterocycles. The summed E-state index contributed by atoms with van der Waals surface area (Å²) in [6, 6.07) is 9.07. The largest absolute Gasteiger partial charge is 0.515 e. The van der Waals surface area contributed by atoms with Crippen molar-refractivity contribution in [2.45, 2.75) is 437 Å². The van der Waals surface area contributed by atoms with Gasteiger partial charge in [-0.1, -0.05) is 204 Å². The summed E-state index contributed by atoms with van der Waals surface area (Å²) in [7, 11) is -69.7. The molecule has 27 rings (SSSR count). The van der Waals surface area contributed by atoms with E-state index in [1.165, 1.54) is 0 Å². The molecule has 14 aliphatic carbocycles. The van der Waals surface area contributed by atoms with Crippen LogP contribution in [0, 0.1) is 0 Å². The predicted molar refractivity (Wildman–Crippen MR) is 455 cm³/mol. The highest BCUT2D eigenvalue weighted by atomic mass is 28.6. The van der Waals surface area contributed by atoms with Crippen molar-refractivity contribution in [3.8, 4) is 0 Å². The Morgan fingerprint density at radius 1 is 0.121 bits per heavy atom. The fourth-order valence-corrected chi connectivity index (χ4v) is 139. The normalized spacial score (nSPS) is 50.1. The van der Waals surface area contributed by atoms with E-state index in [4.69, 9.17) is 98.8 Å². The van der Waals surface area contributed by atoms with E-state index in [-0.39, 0.29) is 77.6 Å². The molecule has 26 fully saturated rings. The van der Waals surface area contributed by atoms with Crippen LogP contribution in [0.2, 0.25) is 77.6 Å². The lowest BCUT2D eigenvalue weighted by atomic mass is 10.4. The van der Waals surface area contributed by atoms with Crippen LogP contribution in [0.4, 0.5) is 0 Å². The van der Waals surface area contributed by atoms with E-state index in [0.29, 0.717) is 0 Å². The molecule has 26 aliphatic rings. The minimum absolute atomic E-state index is 0.0227. The fraction of sp³-hybridized carbons (Fsp3) is 0.921. The van der Waals surface area contributed by atoms with Crippen molar-refractivity contribution in [1.82, 2.24) is 0 Å². The van der Waals surface area contributed by atoms with Crippen LogP contribution in [-0.2, 0) is 98.8 Å². The van der Waals surface area contributed by atoms with Crippen LogP contribution in [-0.4, -0.2) is 141 Å². The van der Waals surface area contributed by atoms with E-state index in [1.54, 1.807) is 0 Å². The molecule has 642 valence electrons. The Bertz CT molecular complexity index is 3200. The third-order valence-corrected chi connectivity index (χ3v) is 113. The van der Waals surface area contributed by atoms with Crippen LogP contribution in [0.1, 0.15) is 360 Å². The molecule has 0 amide bonds. The second-order valence-electron chi connectivity index (χ2n) is 41.3. The molecule has 14 saturated carbocycles. The summed E-state index contributed by atoms with van der Waals surface area (Å²) in [6.07, 6.45) is 54.0. The second-order valence-corrected chi connectivity index (χ2v) is 92.6. The first kappa shape index (κ1) is 79.9. The van der Waals surface area contributed by atoms with Crippen molar-refractivity contribution >= 4 is 151 Å². The SMILES string of the molecule is c1cc([Si]23O[Si]4(C5CCCC5)O[Si]5(C6CCCC6)O[Si](C6CCCC6)(O2)O[Si]2(C6CCCC6)O[Si](C6CCCC6)(O3)O[Si](C3CCCC3)(O4)O[Si](C3CCCC3)(O5)O2)ccc1[Si]12O[Si]3(C4CCCC4)O[Si]4(C5CCCC5)O[Si](C5CCCC5)(O1)O[Si]1(C5CCCC5)O[Si](C5CCCC5)(O2)O[Si](C2CCCC2)(O3)O[Si](C2CCCC2)(O4)O1. The standard InChI is InChI=1S/C76H130O24Si16/c1-2-30-61(29-1)101-77-103(63-33-5-6-34-63)83-109(69-45-17-18-46-69)85-104(78-101,64-35-7-8-36-64)87-111(71-49-21-22-50-71)88-105(79-101,65-37-9-10-38-65)86-110(84-103,70-47-19-20-48-70)96-115(95-109,97-111)75-57-59-76(60-58-75)116-98-112(72-51-23-24-52-72)89-106(66-39-11-12-40-66)80-102(62-31-3-4-32-62)81-107(91-112,67-41-13-14-42-67)93-114(100-116,74-55-27-28-56-74)94-108(82-102,68-43-15-16-44-68)92-113(90-106,99-116)73-53-25-26-54-73/h57-74H,1-56H2. The maximum absolute atomic E-state index is 9.12. The van der Waals surface area contributed by atoms with Crippen molar-refractivity contribution in [2.24, 2.45) is 0 Å². The number of benzene rings is 1. The third-order valence-electron chi connectivity index (χ3n) is 34.3. The van der Waals surface area contributed by atoms with Gasteiger partial charge >= 0.3 is 141 Å². The Balaban J connectivity index is 0.743. The van der Waals surface area contributed by atoms with Crippen molar-refractivity contribution < 1.29 is 98.8 Å². The predicted octanol–water partition coefficient (Wildman–Crippen LogP) is 18.9. The van der Waals surface area contributed by atoms with Gasteiger partial charge in [0.15, 0.2) is 0 Å². The Morgan fingerprint density at radius 2 is 0.198 bits per heavy atom. The Morgan fingerprint density at radius 3 is 0.284 bits per heavy atom.